The third-order valence-electron chi connectivity index (χ3n) is 8.56. The third kappa shape index (κ3) is 6.67. The van der Waals surface area contributed by atoms with E-state index in [0.717, 1.165) is 48.3 Å². The molecule has 0 bridgehead atoms. The maximum Gasteiger partial charge on any atom is 0.303 e. The molecule has 0 aromatic heterocycles. The standard InChI is InChI=1S/C29H44N2O5/c1-20-22(13-15-25(33)34)12-14-23(26(20)29(28(30)36)16-6-7-17-29)24(19-32)27(35)31-18-8-5-11-21-9-3-2-4-10-21/h12,14,21,24,32H,2-11,13,15-19H2,1H3,(H2,30,36)(H,31,35)(H,33,34). The molecule has 2 saturated carbocycles. The number of carbonyl (C=O) groups excluding carboxylic acids is 2. The summed E-state index contributed by atoms with van der Waals surface area (Å²) in [5.41, 5.74) is 8.08. The lowest BCUT2D eigenvalue weighted by Gasteiger charge is -2.33. The Kier molecular flexibility index (Phi) is 10.3. The van der Waals surface area contributed by atoms with Crippen molar-refractivity contribution in [3.05, 3.63) is 34.4 Å². The second-order valence-electron chi connectivity index (χ2n) is 10.9. The molecule has 0 heterocycles. The molecule has 2 amide bonds. The molecule has 0 saturated heterocycles. The number of rotatable bonds is 13. The van der Waals surface area contributed by atoms with E-state index in [0.29, 0.717) is 31.4 Å². The summed E-state index contributed by atoms with van der Waals surface area (Å²) in [5, 5.41) is 22.5. The summed E-state index contributed by atoms with van der Waals surface area (Å²) in [6, 6.07) is 3.63. The summed E-state index contributed by atoms with van der Waals surface area (Å²) in [7, 11) is 0. The molecule has 36 heavy (non-hydrogen) atoms. The van der Waals surface area contributed by atoms with Gasteiger partial charge < -0.3 is 21.3 Å². The van der Waals surface area contributed by atoms with Crippen molar-refractivity contribution in [2.75, 3.05) is 13.2 Å². The van der Waals surface area contributed by atoms with Crippen LogP contribution in [0.15, 0.2) is 12.1 Å². The molecular formula is C29H44N2O5. The molecule has 1 atom stereocenters. The van der Waals surface area contributed by atoms with E-state index in [-0.39, 0.29) is 18.9 Å². The van der Waals surface area contributed by atoms with Gasteiger partial charge in [-0.2, -0.15) is 0 Å². The van der Waals surface area contributed by atoms with E-state index in [1.807, 2.05) is 13.0 Å². The van der Waals surface area contributed by atoms with Crippen LogP contribution in [0.5, 0.6) is 0 Å². The van der Waals surface area contributed by atoms with E-state index in [2.05, 4.69) is 5.32 Å². The smallest absolute Gasteiger partial charge is 0.303 e. The molecule has 2 fully saturated rings. The van der Waals surface area contributed by atoms with Gasteiger partial charge in [-0.1, -0.05) is 69.9 Å². The molecule has 7 nitrogen and oxygen atoms in total. The van der Waals surface area contributed by atoms with Crippen LogP contribution in [-0.4, -0.2) is 41.1 Å². The van der Waals surface area contributed by atoms with E-state index in [1.165, 1.54) is 38.5 Å². The average Bonchev–Trinajstić information content (AvgIpc) is 3.35. The van der Waals surface area contributed by atoms with Crippen LogP contribution < -0.4 is 11.1 Å². The first-order valence-corrected chi connectivity index (χ1v) is 13.8. The van der Waals surface area contributed by atoms with Gasteiger partial charge in [0, 0.05) is 13.0 Å². The number of aliphatic carboxylic acids is 1. The summed E-state index contributed by atoms with van der Waals surface area (Å²) in [6.45, 7) is 2.08. The van der Waals surface area contributed by atoms with Gasteiger partial charge in [0.2, 0.25) is 11.8 Å². The zero-order valence-electron chi connectivity index (χ0n) is 21.8. The molecule has 2 aliphatic carbocycles. The fourth-order valence-corrected chi connectivity index (χ4v) is 6.50. The SMILES string of the molecule is Cc1c(CCC(=O)O)ccc(C(CO)C(=O)NCCCCC2CCCCC2)c1C1(C(N)=O)CCCC1. The van der Waals surface area contributed by atoms with Gasteiger partial charge in [-0.25, -0.2) is 0 Å². The first-order valence-electron chi connectivity index (χ1n) is 13.8. The van der Waals surface area contributed by atoms with Gasteiger partial charge in [0.25, 0.3) is 0 Å². The van der Waals surface area contributed by atoms with Crippen LogP contribution in [0.25, 0.3) is 0 Å². The number of unbranched alkanes of at least 4 members (excludes halogenated alkanes) is 1. The molecule has 1 aromatic carbocycles. The van der Waals surface area contributed by atoms with Crippen molar-refractivity contribution < 1.29 is 24.6 Å². The van der Waals surface area contributed by atoms with Crippen molar-refractivity contribution in [2.45, 2.75) is 108 Å². The van der Waals surface area contributed by atoms with Gasteiger partial charge in [-0.15, -0.1) is 0 Å². The van der Waals surface area contributed by atoms with E-state index >= 15 is 0 Å². The maximum atomic E-state index is 13.2. The van der Waals surface area contributed by atoms with Crippen molar-refractivity contribution >= 4 is 17.8 Å². The highest BCUT2D eigenvalue weighted by Crippen LogP contribution is 2.46. The molecule has 0 radical (unpaired) electrons. The lowest BCUT2D eigenvalue weighted by atomic mass is 9.70. The minimum Gasteiger partial charge on any atom is -0.481 e. The maximum absolute atomic E-state index is 13.2. The second kappa shape index (κ2) is 13.2. The zero-order chi connectivity index (χ0) is 26.1. The van der Waals surface area contributed by atoms with E-state index in [1.54, 1.807) is 6.07 Å². The minimum absolute atomic E-state index is 0.0199. The van der Waals surface area contributed by atoms with Crippen LogP contribution in [-0.2, 0) is 26.2 Å². The van der Waals surface area contributed by atoms with Crippen molar-refractivity contribution in [3.8, 4) is 0 Å². The van der Waals surface area contributed by atoms with Crippen molar-refractivity contribution in [1.82, 2.24) is 5.32 Å². The lowest BCUT2D eigenvalue weighted by Crippen LogP contribution is -2.42. The summed E-state index contributed by atoms with van der Waals surface area (Å²) in [4.78, 5) is 37.2. The summed E-state index contributed by atoms with van der Waals surface area (Å²) >= 11 is 0. The van der Waals surface area contributed by atoms with E-state index in [9.17, 15) is 24.6 Å². The number of amides is 2. The Morgan fingerprint density at radius 3 is 2.39 bits per heavy atom. The Balaban J connectivity index is 1.78. The minimum atomic E-state index is -0.896. The van der Waals surface area contributed by atoms with Crippen LogP contribution in [0.3, 0.4) is 0 Å². The van der Waals surface area contributed by atoms with Gasteiger partial charge in [0.15, 0.2) is 0 Å². The molecule has 5 N–H and O–H groups in total. The highest BCUT2D eigenvalue weighted by molar-refractivity contribution is 5.90. The Bertz CT molecular complexity index is 916. The van der Waals surface area contributed by atoms with Gasteiger partial charge in [0.05, 0.1) is 17.9 Å². The van der Waals surface area contributed by atoms with Crippen LogP contribution in [0, 0.1) is 12.8 Å². The predicted octanol–water partition coefficient (Wildman–Crippen LogP) is 4.25. The largest absolute Gasteiger partial charge is 0.481 e. The Morgan fingerprint density at radius 1 is 1.08 bits per heavy atom. The number of carbonyl (C=O) groups is 3. The number of carboxylic acids is 1. The van der Waals surface area contributed by atoms with Crippen molar-refractivity contribution in [3.63, 3.8) is 0 Å². The number of benzene rings is 1. The second-order valence-corrected chi connectivity index (χ2v) is 10.9. The molecule has 7 heteroatoms. The molecule has 200 valence electrons. The third-order valence-corrected chi connectivity index (χ3v) is 8.56. The number of hydrogen-bond acceptors (Lipinski definition) is 4. The molecular weight excluding hydrogens is 456 g/mol. The monoisotopic (exact) mass is 500 g/mol. The number of aryl methyl sites for hydroxylation is 1. The van der Waals surface area contributed by atoms with Gasteiger partial charge in [0.1, 0.15) is 0 Å². The number of carboxylic acid groups (broad SMARTS) is 1. The normalized spacial score (nSPS) is 18.6. The van der Waals surface area contributed by atoms with Gasteiger partial charge in [-0.3, -0.25) is 14.4 Å². The molecule has 0 aliphatic heterocycles. The van der Waals surface area contributed by atoms with E-state index < -0.39 is 23.2 Å². The topological polar surface area (TPSA) is 130 Å². The number of primary amides is 1. The number of nitrogens with one attached hydrogen (secondary N) is 1. The Morgan fingerprint density at radius 2 is 1.78 bits per heavy atom. The number of nitrogens with two attached hydrogens (primary N) is 1. The average molecular weight is 501 g/mol. The Labute approximate surface area is 215 Å². The first kappa shape index (κ1) is 28.2. The van der Waals surface area contributed by atoms with Crippen molar-refractivity contribution in [1.29, 1.82) is 0 Å². The van der Waals surface area contributed by atoms with Crippen molar-refractivity contribution in [2.24, 2.45) is 11.7 Å². The first-order chi connectivity index (χ1) is 17.3. The molecule has 3 rings (SSSR count). The van der Waals surface area contributed by atoms with E-state index in [4.69, 9.17) is 5.73 Å². The number of aliphatic hydroxyl groups is 1. The van der Waals surface area contributed by atoms with Crippen LogP contribution in [0.1, 0.15) is 112 Å². The molecule has 0 spiro atoms. The quantitative estimate of drug-likeness (QED) is 0.301. The van der Waals surface area contributed by atoms with Crippen LogP contribution >= 0.6 is 0 Å². The van der Waals surface area contributed by atoms with Crippen LogP contribution in [0.2, 0.25) is 0 Å². The lowest BCUT2D eigenvalue weighted by molar-refractivity contribution is -0.137. The van der Waals surface area contributed by atoms with Gasteiger partial charge >= 0.3 is 5.97 Å². The number of aliphatic hydroxyl groups excluding tert-OH is 1. The summed E-state index contributed by atoms with van der Waals surface area (Å²) < 4.78 is 0. The predicted molar refractivity (Wildman–Crippen MR) is 140 cm³/mol. The highest BCUT2D eigenvalue weighted by atomic mass is 16.4. The molecule has 2 aliphatic rings. The van der Waals surface area contributed by atoms with Crippen LogP contribution in [0.4, 0.5) is 0 Å². The molecule has 1 aromatic rings. The summed E-state index contributed by atoms with van der Waals surface area (Å²) in [6.07, 6.45) is 13.1. The molecule has 1 unspecified atom stereocenters. The number of hydrogen-bond donors (Lipinski definition) is 4. The summed E-state index contributed by atoms with van der Waals surface area (Å²) in [5.74, 6) is -1.53. The fourth-order valence-electron chi connectivity index (χ4n) is 6.50. The van der Waals surface area contributed by atoms with Gasteiger partial charge in [-0.05, 0) is 60.8 Å². The Hall–Kier alpha value is -2.41. The zero-order valence-corrected chi connectivity index (χ0v) is 21.8. The highest BCUT2D eigenvalue weighted by Gasteiger charge is 2.45. The fraction of sp³-hybridized carbons (Fsp3) is 0.690.